The fraction of sp³-hybridized carbons (Fsp3) is 0.600. The number of nitrogens with one attached hydrogen (secondary N) is 1. The third-order valence-electron chi connectivity index (χ3n) is 4.77. The molecule has 0 saturated carbocycles. The molecule has 5 nitrogen and oxygen atoms in total. The highest BCUT2D eigenvalue weighted by Crippen LogP contribution is 2.19. The van der Waals surface area contributed by atoms with Crippen molar-refractivity contribution in [3.05, 3.63) is 29.3 Å². The highest BCUT2D eigenvalue weighted by molar-refractivity contribution is 5.93. The molecule has 0 aliphatic carbocycles. The molecule has 0 aromatic heterocycles. The van der Waals surface area contributed by atoms with E-state index in [4.69, 9.17) is 0 Å². The van der Waals surface area contributed by atoms with Gasteiger partial charge in [-0.3, -0.25) is 14.5 Å². The van der Waals surface area contributed by atoms with Gasteiger partial charge in [-0.05, 0) is 37.3 Å². The van der Waals surface area contributed by atoms with Crippen molar-refractivity contribution in [3.63, 3.8) is 0 Å². The number of aryl methyl sites for hydroxylation is 2. The summed E-state index contributed by atoms with van der Waals surface area (Å²) in [6, 6.07) is 6.00. The number of carbonyl (C=O) groups is 2. The second kappa shape index (κ2) is 8.99. The molecule has 1 saturated heterocycles. The van der Waals surface area contributed by atoms with Crippen molar-refractivity contribution in [3.8, 4) is 0 Å². The number of anilines is 1. The maximum atomic E-state index is 12.3. The number of piperazine rings is 1. The van der Waals surface area contributed by atoms with Crippen molar-refractivity contribution in [1.29, 1.82) is 0 Å². The highest BCUT2D eigenvalue weighted by atomic mass is 16.2. The van der Waals surface area contributed by atoms with Crippen LogP contribution in [0.15, 0.2) is 18.2 Å². The predicted octanol–water partition coefficient (Wildman–Crippen LogP) is 2.82. The van der Waals surface area contributed by atoms with E-state index in [1.165, 1.54) is 0 Å². The summed E-state index contributed by atoms with van der Waals surface area (Å²) in [5.41, 5.74) is 3.07. The van der Waals surface area contributed by atoms with E-state index in [-0.39, 0.29) is 11.8 Å². The molecule has 0 radical (unpaired) electrons. The Balaban J connectivity index is 1.78. The molecule has 25 heavy (non-hydrogen) atoms. The minimum Gasteiger partial charge on any atom is -0.340 e. The normalized spacial score (nSPS) is 15.5. The zero-order valence-electron chi connectivity index (χ0n) is 16.0. The molecule has 1 aromatic carbocycles. The standard InChI is InChI=1S/C20H31N3O2/c1-15(2)8-9-19(25)23-12-10-22(11-13-23)14-18(24)21-20-16(3)6-5-7-17(20)4/h5-7,15H,8-14H2,1-4H3,(H,21,24). The topological polar surface area (TPSA) is 52.7 Å². The first-order chi connectivity index (χ1) is 11.9. The molecule has 1 fully saturated rings. The molecule has 0 unspecified atom stereocenters. The van der Waals surface area contributed by atoms with E-state index in [1.807, 2.05) is 36.9 Å². The smallest absolute Gasteiger partial charge is 0.238 e. The van der Waals surface area contributed by atoms with Crippen LogP contribution in [0.5, 0.6) is 0 Å². The predicted molar refractivity (Wildman–Crippen MR) is 102 cm³/mol. The van der Waals surface area contributed by atoms with E-state index in [1.54, 1.807) is 0 Å². The van der Waals surface area contributed by atoms with E-state index < -0.39 is 0 Å². The average Bonchev–Trinajstić information content (AvgIpc) is 2.57. The maximum Gasteiger partial charge on any atom is 0.238 e. The van der Waals surface area contributed by atoms with Gasteiger partial charge in [0.2, 0.25) is 11.8 Å². The number of amides is 2. The first-order valence-electron chi connectivity index (χ1n) is 9.23. The fourth-order valence-corrected chi connectivity index (χ4v) is 3.12. The molecule has 5 heteroatoms. The summed E-state index contributed by atoms with van der Waals surface area (Å²) in [5, 5.41) is 3.03. The Morgan fingerprint density at radius 1 is 1.08 bits per heavy atom. The van der Waals surface area contributed by atoms with Gasteiger partial charge >= 0.3 is 0 Å². The lowest BCUT2D eigenvalue weighted by molar-refractivity contribution is -0.133. The summed E-state index contributed by atoms with van der Waals surface area (Å²) in [5.74, 6) is 0.809. The zero-order chi connectivity index (χ0) is 18.4. The molecular weight excluding hydrogens is 314 g/mol. The minimum atomic E-state index is 0.0111. The van der Waals surface area contributed by atoms with Crippen LogP contribution in [0.25, 0.3) is 0 Å². The molecule has 1 aliphatic rings. The van der Waals surface area contributed by atoms with Crippen molar-refractivity contribution >= 4 is 17.5 Å². The van der Waals surface area contributed by atoms with Gasteiger partial charge in [0.15, 0.2) is 0 Å². The summed E-state index contributed by atoms with van der Waals surface area (Å²) < 4.78 is 0. The minimum absolute atomic E-state index is 0.0111. The van der Waals surface area contributed by atoms with Crippen LogP contribution in [0.3, 0.4) is 0 Å². The van der Waals surface area contributed by atoms with Gasteiger partial charge in [-0.1, -0.05) is 32.0 Å². The van der Waals surface area contributed by atoms with Crippen LogP contribution in [0.2, 0.25) is 0 Å². The van der Waals surface area contributed by atoms with Gasteiger partial charge in [-0.2, -0.15) is 0 Å². The van der Waals surface area contributed by atoms with Crippen LogP contribution in [0.1, 0.15) is 37.8 Å². The van der Waals surface area contributed by atoms with Gasteiger partial charge in [0.1, 0.15) is 0 Å². The molecular formula is C20H31N3O2. The SMILES string of the molecule is Cc1cccc(C)c1NC(=O)CN1CCN(C(=O)CCC(C)C)CC1. The molecule has 2 rings (SSSR count). The molecule has 138 valence electrons. The monoisotopic (exact) mass is 345 g/mol. The number of nitrogens with zero attached hydrogens (tertiary/aromatic N) is 2. The maximum absolute atomic E-state index is 12.3. The summed E-state index contributed by atoms with van der Waals surface area (Å²) in [6.45, 7) is 11.6. The van der Waals surface area contributed by atoms with Crippen molar-refractivity contribution in [2.75, 3.05) is 38.0 Å². The molecule has 0 bridgehead atoms. The zero-order valence-corrected chi connectivity index (χ0v) is 16.0. The van der Waals surface area contributed by atoms with Crippen LogP contribution < -0.4 is 5.32 Å². The van der Waals surface area contributed by atoms with E-state index in [0.29, 0.717) is 32.0 Å². The van der Waals surface area contributed by atoms with Crippen LogP contribution >= 0.6 is 0 Å². The second-order valence-corrected chi connectivity index (χ2v) is 7.40. The molecule has 2 amide bonds. The number of hydrogen-bond acceptors (Lipinski definition) is 3. The Morgan fingerprint density at radius 2 is 1.68 bits per heavy atom. The summed E-state index contributed by atoms with van der Waals surface area (Å²) in [6.07, 6.45) is 1.57. The molecule has 0 spiro atoms. The lowest BCUT2D eigenvalue weighted by atomic mass is 10.1. The van der Waals surface area contributed by atoms with Crippen molar-refractivity contribution in [2.45, 2.75) is 40.5 Å². The first-order valence-corrected chi connectivity index (χ1v) is 9.23. The summed E-state index contributed by atoms with van der Waals surface area (Å²) in [7, 11) is 0. The third kappa shape index (κ3) is 5.85. The number of carbonyl (C=O) groups excluding carboxylic acids is 2. The molecule has 1 N–H and O–H groups in total. The van der Waals surface area contributed by atoms with Gasteiger partial charge in [0.25, 0.3) is 0 Å². The van der Waals surface area contributed by atoms with Crippen LogP contribution in [0, 0.1) is 19.8 Å². The van der Waals surface area contributed by atoms with E-state index in [2.05, 4.69) is 24.1 Å². The van der Waals surface area contributed by atoms with Crippen molar-refractivity contribution in [2.24, 2.45) is 5.92 Å². The molecule has 1 heterocycles. The summed E-state index contributed by atoms with van der Waals surface area (Å²) in [4.78, 5) is 28.6. The van der Waals surface area contributed by atoms with E-state index in [9.17, 15) is 9.59 Å². The van der Waals surface area contributed by atoms with Gasteiger partial charge in [0, 0.05) is 38.3 Å². The number of hydrogen-bond donors (Lipinski definition) is 1. The number of para-hydroxylation sites is 1. The quantitative estimate of drug-likeness (QED) is 0.862. The van der Waals surface area contributed by atoms with Crippen LogP contribution in [-0.2, 0) is 9.59 Å². The van der Waals surface area contributed by atoms with Gasteiger partial charge in [0.05, 0.1) is 6.54 Å². The van der Waals surface area contributed by atoms with Gasteiger partial charge < -0.3 is 10.2 Å². The Bertz CT molecular complexity index is 585. The van der Waals surface area contributed by atoms with Gasteiger partial charge in [-0.25, -0.2) is 0 Å². The number of benzene rings is 1. The Morgan fingerprint density at radius 3 is 2.24 bits per heavy atom. The lowest BCUT2D eigenvalue weighted by Crippen LogP contribution is -2.50. The Hall–Kier alpha value is -1.88. The number of rotatable bonds is 6. The molecule has 0 atom stereocenters. The van der Waals surface area contributed by atoms with E-state index in [0.717, 1.165) is 36.3 Å². The fourth-order valence-electron chi connectivity index (χ4n) is 3.12. The molecule has 1 aromatic rings. The van der Waals surface area contributed by atoms with Crippen LogP contribution in [-0.4, -0.2) is 54.3 Å². The summed E-state index contributed by atoms with van der Waals surface area (Å²) >= 11 is 0. The third-order valence-corrected chi connectivity index (χ3v) is 4.77. The average molecular weight is 345 g/mol. The molecule has 1 aliphatic heterocycles. The van der Waals surface area contributed by atoms with E-state index >= 15 is 0 Å². The lowest BCUT2D eigenvalue weighted by Gasteiger charge is -2.34. The second-order valence-electron chi connectivity index (χ2n) is 7.40. The Labute approximate surface area is 151 Å². The van der Waals surface area contributed by atoms with Crippen LogP contribution in [0.4, 0.5) is 5.69 Å². The van der Waals surface area contributed by atoms with Crippen molar-refractivity contribution in [1.82, 2.24) is 9.80 Å². The first kappa shape index (κ1) is 19.4. The van der Waals surface area contributed by atoms with Crippen molar-refractivity contribution < 1.29 is 9.59 Å². The Kier molecular flexibility index (Phi) is 7.00. The largest absolute Gasteiger partial charge is 0.340 e. The highest BCUT2D eigenvalue weighted by Gasteiger charge is 2.22. The van der Waals surface area contributed by atoms with Gasteiger partial charge in [-0.15, -0.1) is 0 Å².